The number of carbonyl (C=O) groups is 1. The van der Waals surface area contributed by atoms with E-state index in [1.807, 2.05) is 0 Å². The number of aliphatic hydroxyl groups excluding tert-OH is 1. The molecule has 78 valence electrons. The van der Waals surface area contributed by atoms with Gasteiger partial charge in [-0.2, -0.15) is 0 Å². The van der Waals surface area contributed by atoms with Crippen molar-refractivity contribution >= 4 is 5.97 Å². The van der Waals surface area contributed by atoms with E-state index in [1.54, 1.807) is 20.8 Å². The van der Waals surface area contributed by atoms with Gasteiger partial charge in [-0.3, -0.25) is 4.79 Å². The molecule has 0 rings (SSSR count). The Morgan fingerprint density at radius 2 is 2.15 bits per heavy atom. The lowest BCUT2D eigenvalue weighted by Crippen LogP contribution is -2.39. The predicted molar refractivity (Wildman–Crippen MR) is 50.3 cm³/mol. The Balaban J connectivity index is 3.82. The molecule has 1 unspecified atom stereocenters. The van der Waals surface area contributed by atoms with E-state index in [1.165, 1.54) is 7.11 Å². The molecule has 13 heavy (non-hydrogen) atoms. The van der Waals surface area contributed by atoms with Crippen molar-refractivity contribution in [2.75, 3.05) is 20.2 Å². The number of hydrogen-bond acceptors (Lipinski definition) is 4. The van der Waals surface area contributed by atoms with E-state index in [-0.39, 0.29) is 5.97 Å². The first-order chi connectivity index (χ1) is 5.90. The molecule has 1 atom stereocenters. The Morgan fingerprint density at radius 1 is 1.62 bits per heavy atom. The van der Waals surface area contributed by atoms with E-state index in [0.29, 0.717) is 13.1 Å². The fourth-order valence-electron chi connectivity index (χ4n) is 0.942. The Hall–Kier alpha value is -0.610. The van der Waals surface area contributed by atoms with Crippen LogP contribution in [0.4, 0.5) is 0 Å². The van der Waals surface area contributed by atoms with E-state index in [4.69, 9.17) is 5.11 Å². The average Bonchev–Trinajstić information content (AvgIpc) is 2.01. The van der Waals surface area contributed by atoms with Crippen molar-refractivity contribution in [3.05, 3.63) is 0 Å². The minimum Gasteiger partial charge on any atom is -0.469 e. The van der Waals surface area contributed by atoms with Crippen molar-refractivity contribution in [2.45, 2.75) is 26.9 Å². The highest BCUT2D eigenvalue weighted by atomic mass is 16.5. The highest BCUT2D eigenvalue weighted by molar-refractivity contribution is 5.76. The summed E-state index contributed by atoms with van der Waals surface area (Å²) in [7, 11) is 1.37. The van der Waals surface area contributed by atoms with E-state index in [2.05, 4.69) is 10.1 Å². The van der Waals surface area contributed by atoms with Crippen LogP contribution in [0.2, 0.25) is 0 Å². The third-order valence-corrected chi connectivity index (χ3v) is 1.74. The summed E-state index contributed by atoms with van der Waals surface area (Å²) in [4.78, 5) is 11.2. The molecule has 0 aromatic rings. The molecular weight excluding hydrogens is 170 g/mol. The minimum atomic E-state index is -0.538. The zero-order chi connectivity index (χ0) is 10.5. The van der Waals surface area contributed by atoms with Gasteiger partial charge in [0.1, 0.15) is 0 Å². The molecule has 2 N–H and O–H groups in total. The molecule has 0 aromatic heterocycles. The molecule has 0 aliphatic rings. The summed E-state index contributed by atoms with van der Waals surface area (Å²) in [5.74, 6) is -0.245. The van der Waals surface area contributed by atoms with Crippen molar-refractivity contribution in [1.29, 1.82) is 0 Å². The van der Waals surface area contributed by atoms with Crippen LogP contribution < -0.4 is 5.32 Å². The van der Waals surface area contributed by atoms with Crippen LogP contribution in [0.25, 0.3) is 0 Å². The molecule has 0 radical (unpaired) electrons. The summed E-state index contributed by atoms with van der Waals surface area (Å²) in [6, 6.07) is 0. The summed E-state index contributed by atoms with van der Waals surface area (Å²) in [6.45, 7) is 6.28. The second kappa shape index (κ2) is 5.19. The summed E-state index contributed by atoms with van der Waals surface area (Å²) in [5.41, 5.74) is -0.538. The van der Waals surface area contributed by atoms with Gasteiger partial charge in [-0.15, -0.1) is 0 Å². The van der Waals surface area contributed by atoms with Gasteiger partial charge in [-0.25, -0.2) is 0 Å². The first kappa shape index (κ1) is 12.4. The van der Waals surface area contributed by atoms with Gasteiger partial charge in [-0.05, 0) is 20.8 Å². The largest absolute Gasteiger partial charge is 0.469 e. The van der Waals surface area contributed by atoms with Gasteiger partial charge >= 0.3 is 5.97 Å². The van der Waals surface area contributed by atoms with E-state index < -0.39 is 11.5 Å². The summed E-state index contributed by atoms with van der Waals surface area (Å²) in [6.07, 6.45) is -0.395. The standard InChI is InChI=1S/C9H19NO3/c1-7(11)5-10-6-9(2,3)8(12)13-4/h7,10-11H,5-6H2,1-4H3. The van der Waals surface area contributed by atoms with Crippen LogP contribution in [0.15, 0.2) is 0 Å². The van der Waals surface area contributed by atoms with E-state index in [0.717, 1.165) is 0 Å². The molecule has 0 amide bonds. The Kier molecular flexibility index (Phi) is 4.95. The maximum Gasteiger partial charge on any atom is 0.312 e. The summed E-state index contributed by atoms with van der Waals surface area (Å²) >= 11 is 0. The van der Waals surface area contributed by atoms with E-state index >= 15 is 0 Å². The summed E-state index contributed by atoms with van der Waals surface area (Å²) < 4.78 is 4.63. The molecule has 0 aromatic carbocycles. The van der Waals surface area contributed by atoms with Crippen molar-refractivity contribution in [3.63, 3.8) is 0 Å². The fourth-order valence-corrected chi connectivity index (χ4v) is 0.942. The van der Waals surface area contributed by atoms with Crippen molar-refractivity contribution in [1.82, 2.24) is 5.32 Å². The van der Waals surface area contributed by atoms with Crippen LogP contribution in [0.5, 0.6) is 0 Å². The first-order valence-electron chi connectivity index (χ1n) is 4.37. The van der Waals surface area contributed by atoms with Gasteiger partial charge in [0.2, 0.25) is 0 Å². The van der Waals surface area contributed by atoms with E-state index in [9.17, 15) is 4.79 Å². The quantitative estimate of drug-likeness (QED) is 0.605. The third kappa shape index (κ3) is 4.85. The second-order valence-electron chi connectivity index (χ2n) is 3.86. The number of esters is 1. The fraction of sp³-hybridized carbons (Fsp3) is 0.889. The van der Waals surface area contributed by atoms with Crippen molar-refractivity contribution < 1.29 is 14.6 Å². The van der Waals surface area contributed by atoms with Gasteiger partial charge < -0.3 is 15.2 Å². The zero-order valence-corrected chi connectivity index (χ0v) is 8.76. The monoisotopic (exact) mass is 189 g/mol. The van der Waals surface area contributed by atoms with Gasteiger partial charge in [0.05, 0.1) is 18.6 Å². The topological polar surface area (TPSA) is 58.6 Å². The lowest BCUT2D eigenvalue weighted by molar-refractivity contribution is -0.150. The van der Waals surface area contributed by atoms with Gasteiger partial charge in [0.25, 0.3) is 0 Å². The molecular formula is C9H19NO3. The molecule has 0 bridgehead atoms. The molecule has 0 aliphatic heterocycles. The number of methoxy groups -OCH3 is 1. The molecule has 4 nitrogen and oxygen atoms in total. The van der Waals surface area contributed by atoms with Crippen LogP contribution in [0, 0.1) is 5.41 Å². The van der Waals surface area contributed by atoms with Crippen LogP contribution in [0.1, 0.15) is 20.8 Å². The number of carbonyl (C=O) groups excluding carboxylic acids is 1. The van der Waals surface area contributed by atoms with Gasteiger partial charge in [0.15, 0.2) is 0 Å². The smallest absolute Gasteiger partial charge is 0.312 e. The number of aliphatic hydroxyl groups is 1. The SMILES string of the molecule is COC(=O)C(C)(C)CNCC(C)O. The second-order valence-corrected chi connectivity index (χ2v) is 3.86. The molecule has 0 fully saturated rings. The third-order valence-electron chi connectivity index (χ3n) is 1.74. The van der Waals surface area contributed by atoms with Gasteiger partial charge in [-0.1, -0.05) is 0 Å². The van der Waals surface area contributed by atoms with Crippen LogP contribution >= 0.6 is 0 Å². The predicted octanol–water partition coefficient (Wildman–Crippen LogP) is 0.156. The molecule has 4 heteroatoms. The minimum absolute atomic E-state index is 0.245. The Labute approximate surface area is 79.3 Å². The first-order valence-corrected chi connectivity index (χ1v) is 4.37. The normalized spacial score (nSPS) is 13.9. The lowest BCUT2D eigenvalue weighted by atomic mass is 9.94. The average molecular weight is 189 g/mol. The maximum atomic E-state index is 11.2. The van der Waals surface area contributed by atoms with Crippen LogP contribution in [-0.2, 0) is 9.53 Å². The Morgan fingerprint density at radius 3 is 2.54 bits per heavy atom. The highest BCUT2D eigenvalue weighted by Gasteiger charge is 2.27. The van der Waals surface area contributed by atoms with Crippen LogP contribution in [-0.4, -0.2) is 37.4 Å². The molecule has 0 aliphatic carbocycles. The maximum absolute atomic E-state index is 11.2. The number of rotatable bonds is 5. The number of ether oxygens (including phenoxy) is 1. The lowest BCUT2D eigenvalue weighted by Gasteiger charge is -2.22. The number of hydrogen-bond donors (Lipinski definition) is 2. The molecule has 0 saturated heterocycles. The summed E-state index contributed by atoms with van der Waals surface area (Å²) in [5, 5.41) is 12.0. The number of nitrogens with one attached hydrogen (secondary N) is 1. The highest BCUT2D eigenvalue weighted by Crippen LogP contribution is 2.14. The molecule has 0 heterocycles. The Bertz CT molecular complexity index is 166. The zero-order valence-electron chi connectivity index (χ0n) is 8.76. The van der Waals surface area contributed by atoms with Crippen molar-refractivity contribution in [2.24, 2.45) is 5.41 Å². The van der Waals surface area contributed by atoms with Crippen LogP contribution in [0.3, 0.4) is 0 Å². The van der Waals surface area contributed by atoms with Crippen molar-refractivity contribution in [3.8, 4) is 0 Å². The van der Waals surface area contributed by atoms with Gasteiger partial charge in [0, 0.05) is 13.1 Å². The molecule has 0 saturated carbocycles. The molecule has 0 spiro atoms.